The van der Waals surface area contributed by atoms with Crippen LogP contribution in [-0.4, -0.2) is 12.3 Å². The van der Waals surface area contributed by atoms with Crippen molar-refractivity contribution in [3.05, 3.63) is 0 Å². The van der Waals surface area contributed by atoms with E-state index < -0.39 is 0 Å². The summed E-state index contributed by atoms with van der Waals surface area (Å²) in [5, 5.41) is 0. The van der Waals surface area contributed by atoms with Crippen LogP contribution in [-0.2, 0) is 4.79 Å². The third kappa shape index (κ3) is 4.96. The normalized spacial score (nSPS) is 16.0. The van der Waals surface area contributed by atoms with Crippen molar-refractivity contribution in [2.24, 2.45) is 17.6 Å². The van der Waals surface area contributed by atoms with Gasteiger partial charge in [-0.3, -0.25) is 4.79 Å². The largest absolute Gasteiger partial charge is 0.330 e. The number of carbonyl (C=O) groups is 1. The topological polar surface area (TPSA) is 43.1 Å². The van der Waals surface area contributed by atoms with Crippen LogP contribution in [0.25, 0.3) is 0 Å². The Morgan fingerprint density at radius 3 is 2.27 bits per heavy atom. The van der Waals surface area contributed by atoms with Crippen LogP contribution in [0.4, 0.5) is 0 Å². The number of nitrogens with two attached hydrogens (primary N) is 1. The van der Waals surface area contributed by atoms with E-state index in [2.05, 4.69) is 6.92 Å². The second-order valence-electron chi connectivity index (χ2n) is 3.43. The lowest BCUT2D eigenvalue weighted by atomic mass is 9.96. The van der Waals surface area contributed by atoms with Gasteiger partial charge in [-0.25, -0.2) is 0 Å². The maximum Gasteiger partial charge on any atom is 0.132 e. The van der Waals surface area contributed by atoms with E-state index in [0.717, 1.165) is 19.4 Å². The monoisotopic (exact) mass is 157 g/mol. The molecule has 0 fully saturated rings. The molecule has 0 aliphatic rings. The van der Waals surface area contributed by atoms with Crippen molar-refractivity contribution in [1.82, 2.24) is 0 Å². The first kappa shape index (κ1) is 10.6. The SMILES string of the molecule is CC(=O)C(C)CCC(C)CN. The van der Waals surface area contributed by atoms with Crippen molar-refractivity contribution in [3.63, 3.8) is 0 Å². The van der Waals surface area contributed by atoms with Gasteiger partial charge in [0.1, 0.15) is 5.78 Å². The molecule has 0 aromatic heterocycles. The molecule has 0 amide bonds. The Balaban J connectivity index is 3.45. The molecule has 0 spiro atoms. The summed E-state index contributed by atoms with van der Waals surface area (Å²) in [5.41, 5.74) is 5.45. The highest BCUT2D eigenvalue weighted by atomic mass is 16.1. The molecule has 66 valence electrons. The van der Waals surface area contributed by atoms with Crippen LogP contribution in [0.1, 0.15) is 33.6 Å². The highest BCUT2D eigenvalue weighted by molar-refractivity contribution is 5.77. The molecular formula is C9H19NO. The molecule has 0 saturated carbocycles. The minimum Gasteiger partial charge on any atom is -0.330 e. The first-order valence-corrected chi connectivity index (χ1v) is 4.28. The molecule has 0 aromatic rings. The van der Waals surface area contributed by atoms with Crippen LogP contribution in [0.2, 0.25) is 0 Å². The minimum absolute atomic E-state index is 0.212. The molecule has 0 rings (SSSR count). The van der Waals surface area contributed by atoms with Crippen molar-refractivity contribution in [3.8, 4) is 0 Å². The summed E-state index contributed by atoms with van der Waals surface area (Å²) in [7, 11) is 0. The molecule has 0 bridgehead atoms. The Labute approximate surface area is 69.2 Å². The van der Waals surface area contributed by atoms with Gasteiger partial charge in [-0.2, -0.15) is 0 Å². The maximum absolute atomic E-state index is 10.8. The summed E-state index contributed by atoms with van der Waals surface area (Å²) in [5.74, 6) is 1.05. The van der Waals surface area contributed by atoms with Crippen molar-refractivity contribution < 1.29 is 4.79 Å². The van der Waals surface area contributed by atoms with E-state index in [-0.39, 0.29) is 11.7 Å². The standard InChI is InChI=1S/C9H19NO/c1-7(6-10)4-5-8(2)9(3)11/h7-8H,4-6,10H2,1-3H3. The van der Waals surface area contributed by atoms with E-state index in [0.29, 0.717) is 5.92 Å². The van der Waals surface area contributed by atoms with E-state index in [1.54, 1.807) is 6.92 Å². The van der Waals surface area contributed by atoms with Gasteiger partial charge in [0.2, 0.25) is 0 Å². The lowest BCUT2D eigenvalue weighted by Gasteiger charge is -2.10. The van der Waals surface area contributed by atoms with Crippen molar-refractivity contribution in [2.45, 2.75) is 33.6 Å². The predicted molar refractivity (Wildman–Crippen MR) is 47.3 cm³/mol. The third-order valence-electron chi connectivity index (χ3n) is 2.19. The Morgan fingerprint density at radius 1 is 1.36 bits per heavy atom. The Kier molecular flexibility index (Phi) is 5.12. The minimum atomic E-state index is 0.212. The fourth-order valence-corrected chi connectivity index (χ4v) is 0.856. The summed E-state index contributed by atoms with van der Waals surface area (Å²) < 4.78 is 0. The van der Waals surface area contributed by atoms with Crippen LogP contribution in [0, 0.1) is 11.8 Å². The van der Waals surface area contributed by atoms with Gasteiger partial charge in [0.05, 0.1) is 0 Å². The van der Waals surface area contributed by atoms with Gasteiger partial charge in [0, 0.05) is 5.92 Å². The lowest BCUT2D eigenvalue weighted by Crippen LogP contribution is -2.14. The van der Waals surface area contributed by atoms with Gasteiger partial charge in [0.25, 0.3) is 0 Å². The molecule has 2 atom stereocenters. The summed E-state index contributed by atoms with van der Waals surface area (Å²) in [6.45, 7) is 6.47. The smallest absolute Gasteiger partial charge is 0.132 e. The maximum atomic E-state index is 10.8. The van der Waals surface area contributed by atoms with E-state index in [1.165, 1.54) is 0 Å². The molecule has 0 aromatic carbocycles. The molecule has 0 aliphatic heterocycles. The number of Topliss-reactive ketones (excluding diaryl/α,β-unsaturated/α-hetero) is 1. The van der Waals surface area contributed by atoms with E-state index in [4.69, 9.17) is 5.73 Å². The molecule has 0 saturated heterocycles. The molecule has 2 heteroatoms. The number of hydrogen-bond donors (Lipinski definition) is 1. The molecule has 0 heterocycles. The summed E-state index contributed by atoms with van der Waals surface area (Å²) in [6, 6.07) is 0. The Bertz CT molecular complexity index is 123. The molecule has 2 N–H and O–H groups in total. The molecule has 0 radical (unpaired) electrons. The zero-order valence-electron chi connectivity index (χ0n) is 7.76. The number of rotatable bonds is 5. The van der Waals surface area contributed by atoms with Crippen LogP contribution in [0.15, 0.2) is 0 Å². The first-order valence-electron chi connectivity index (χ1n) is 4.28. The van der Waals surface area contributed by atoms with Gasteiger partial charge in [0.15, 0.2) is 0 Å². The van der Waals surface area contributed by atoms with Crippen molar-refractivity contribution in [2.75, 3.05) is 6.54 Å². The zero-order chi connectivity index (χ0) is 8.85. The highest BCUT2D eigenvalue weighted by Crippen LogP contribution is 2.11. The summed E-state index contributed by atoms with van der Waals surface area (Å²) in [6.07, 6.45) is 2.05. The molecule has 11 heavy (non-hydrogen) atoms. The fourth-order valence-electron chi connectivity index (χ4n) is 0.856. The number of ketones is 1. The van der Waals surface area contributed by atoms with Gasteiger partial charge in [-0.15, -0.1) is 0 Å². The van der Waals surface area contributed by atoms with E-state index >= 15 is 0 Å². The van der Waals surface area contributed by atoms with Gasteiger partial charge in [-0.1, -0.05) is 13.8 Å². The average molecular weight is 157 g/mol. The fraction of sp³-hybridized carbons (Fsp3) is 0.889. The van der Waals surface area contributed by atoms with Crippen LogP contribution in [0.5, 0.6) is 0 Å². The van der Waals surface area contributed by atoms with Crippen LogP contribution < -0.4 is 5.73 Å². The second kappa shape index (κ2) is 5.30. The van der Waals surface area contributed by atoms with Gasteiger partial charge in [-0.05, 0) is 32.2 Å². The molecule has 2 nitrogen and oxygen atoms in total. The predicted octanol–water partition coefficient (Wildman–Crippen LogP) is 1.59. The number of carbonyl (C=O) groups excluding carboxylic acids is 1. The van der Waals surface area contributed by atoms with E-state index in [9.17, 15) is 4.79 Å². The quantitative estimate of drug-likeness (QED) is 0.658. The third-order valence-corrected chi connectivity index (χ3v) is 2.19. The molecular weight excluding hydrogens is 138 g/mol. The summed E-state index contributed by atoms with van der Waals surface area (Å²) >= 11 is 0. The van der Waals surface area contributed by atoms with Gasteiger partial charge < -0.3 is 5.73 Å². The highest BCUT2D eigenvalue weighted by Gasteiger charge is 2.08. The lowest BCUT2D eigenvalue weighted by molar-refractivity contribution is -0.120. The average Bonchev–Trinajstić information content (AvgIpc) is 1.99. The van der Waals surface area contributed by atoms with Crippen LogP contribution >= 0.6 is 0 Å². The second-order valence-corrected chi connectivity index (χ2v) is 3.43. The Morgan fingerprint density at radius 2 is 1.91 bits per heavy atom. The van der Waals surface area contributed by atoms with Crippen molar-refractivity contribution in [1.29, 1.82) is 0 Å². The number of hydrogen-bond acceptors (Lipinski definition) is 2. The Hall–Kier alpha value is -0.370. The summed E-state index contributed by atoms with van der Waals surface area (Å²) in [4.78, 5) is 10.8. The van der Waals surface area contributed by atoms with Crippen LogP contribution in [0.3, 0.4) is 0 Å². The van der Waals surface area contributed by atoms with E-state index in [1.807, 2.05) is 6.92 Å². The first-order chi connectivity index (χ1) is 5.07. The van der Waals surface area contributed by atoms with Crippen molar-refractivity contribution >= 4 is 5.78 Å². The molecule has 0 aliphatic carbocycles. The van der Waals surface area contributed by atoms with Gasteiger partial charge >= 0.3 is 0 Å². The zero-order valence-corrected chi connectivity index (χ0v) is 7.76. The molecule has 2 unspecified atom stereocenters.